The van der Waals surface area contributed by atoms with Gasteiger partial charge in [-0.25, -0.2) is 19.7 Å². The van der Waals surface area contributed by atoms with Gasteiger partial charge in [-0.1, -0.05) is 65.0 Å². The molecule has 2 N–H and O–H groups in total. The number of urea groups is 1. The number of nitrogens with zero attached hydrogens (tertiary/aromatic N) is 5. The average molecular weight is 688 g/mol. The van der Waals surface area contributed by atoms with E-state index in [1.165, 1.54) is 0 Å². The van der Waals surface area contributed by atoms with Crippen LogP contribution in [-0.4, -0.2) is 89.0 Å². The van der Waals surface area contributed by atoms with Crippen LogP contribution in [0.1, 0.15) is 93.9 Å². The summed E-state index contributed by atoms with van der Waals surface area (Å²) in [6.45, 7) is 13.6. The number of carbonyl (C=O) groups excluding carboxylic acids is 3. The lowest BCUT2D eigenvalue weighted by Crippen LogP contribution is -2.56. The maximum atomic E-state index is 14.5. The van der Waals surface area contributed by atoms with Gasteiger partial charge in [-0.15, -0.1) is 0 Å². The van der Waals surface area contributed by atoms with E-state index in [2.05, 4.69) is 39.3 Å². The Kier molecular flexibility index (Phi) is 12.6. The number of rotatable bonds is 13. The molecule has 2 aromatic heterocycles. The molecule has 0 bridgehead atoms. The monoisotopic (exact) mass is 687 g/mol. The lowest BCUT2D eigenvalue weighted by molar-refractivity contribution is -0.124. The van der Waals surface area contributed by atoms with Crippen LogP contribution >= 0.6 is 0 Å². The number of morpholine rings is 1. The number of anilines is 1. The number of Topliss-reactive ketones (excluding diaryl/α,β-unsaturated/α-hetero) is 1. The molecule has 12 nitrogen and oxygen atoms in total. The third-order valence-corrected chi connectivity index (χ3v) is 9.14. The number of oxazole rings is 1. The van der Waals surface area contributed by atoms with Crippen molar-refractivity contribution in [3.8, 4) is 0 Å². The first-order chi connectivity index (χ1) is 24.0. The standard InChI is InChI=1S/C38H53N7O5/c1-26(2)24-30-33(50-35(42-30)28-14-18-44(19-15-28)36-39-16-9-17-40-36)32(46)29(13-12-27-10-7-6-8-11-27)41-34(47)31(25-38(3,4)5)43-37(48)45-20-22-49-23-21-45/h6-11,16-17,26,28-29,31H,12-15,18-25H2,1-5H3,(H,41,47)(H,43,48). The molecule has 2 unspecified atom stereocenters. The number of piperidine rings is 1. The minimum Gasteiger partial charge on any atom is -0.437 e. The molecular formula is C38H53N7O5. The van der Waals surface area contributed by atoms with Gasteiger partial charge in [0.05, 0.1) is 24.9 Å². The smallest absolute Gasteiger partial charge is 0.318 e. The highest BCUT2D eigenvalue weighted by atomic mass is 16.5. The minimum absolute atomic E-state index is 0.0475. The van der Waals surface area contributed by atoms with E-state index in [0.29, 0.717) is 69.5 Å². The van der Waals surface area contributed by atoms with Crippen molar-refractivity contribution in [1.29, 1.82) is 0 Å². The first kappa shape index (κ1) is 36.9. The van der Waals surface area contributed by atoms with Crippen molar-refractivity contribution in [1.82, 2.24) is 30.5 Å². The van der Waals surface area contributed by atoms with Crippen LogP contribution in [0.25, 0.3) is 0 Å². The van der Waals surface area contributed by atoms with E-state index in [4.69, 9.17) is 14.1 Å². The Bertz CT molecular complexity index is 1540. The molecule has 270 valence electrons. The molecule has 0 aliphatic carbocycles. The first-order valence-corrected chi connectivity index (χ1v) is 18.0. The molecule has 1 aromatic carbocycles. The van der Waals surface area contributed by atoms with Crippen LogP contribution in [0.15, 0.2) is 53.2 Å². The summed E-state index contributed by atoms with van der Waals surface area (Å²) in [6.07, 6.45) is 6.97. The van der Waals surface area contributed by atoms with E-state index in [-0.39, 0.29) is 34.8 Å². The number of hydrogen-bond acceptors (Lipinski definition) is 9. The Morgan fingerprint density at radius 3 is 2.24 bits per heavy atom. The number of aromatic nitrogens is 3. The van der Waals surface area contributed by atoms with Crippen LogP contribution in [0.4, 0.5) is 10.7 Å². The molecule has 5 rings (SSSR count). The van der Waals surface area contributed by atoms with Crippen molar-refractivity contribution < 1.29 is 23.5 Å². The minimum atomic E-state index is -0.880. The second-order valence-corrected chi connectivity index (χ2v) is 15.1. The Balaban J connectivity index is 1.38. The highest BCUT2D eigenvalue weighted by Crippen LogP contribution is 2.31. The lowest BCUT2D eigenvalue weighted by atomic mass is 9.87. The zero-order valence-electron chi connectivity index (χ0n) is 30.2. The van der Waals surface area contributed by atoms with Crippen molar-refractivity contribution in [3.63, 3.8) is 0 Å². The van der Waals surface area contributed by atoms with Gasteiger partial charge in [0.15, 0.2) is 11.7 Å². The highest BCUT2D eigenvalue weighted by Gasteiger charge is 2.35. The molecule has 0 radical (unpaired) electrons. The van der Waals surface area contributed by atoms with Gasteiger partial charge in [-0.05, 0) is 61.5 Å². The molecule has 4 heterocycles. The van der Waals surface area contributed by atoms with Crippen molar-refractivity contribution in [2.45, 2.75) is 91.1 Å². The summed E-state index contributed by atoms with van der Waals surface area (Å²) in [6, 6.07) is 9.68. The van der Waals surface area contributed by atoms with E-state index >= 15 is 0 Å². The van der Waals surface area contributed by atoms with E-state index in [1.54, 1.807) is 23.4 Å². The Hall–Kier alpha value is -4.32. The topological polar surface area (TPSA) is 143 Å². The van der Waals surface area contributed by atoms with E-state index in [1.807, 2.05) is 51.1 Å². The first-order valence-electron chi connectivity index (χ1n) is 18.0. The molecule has 0 spiro atoms. The largest absolute Gasteiger partial charge is 0.437 e. The second kappa shape index (κ2) is 17.1. The maximum Gasteiger partial charge on any atom is 0.318 e. The summed E-state index contributed by atoms with van der Waals surface area (Å²) in [4.78, 5) is 59.4. The third kappa shape index (κ3) is 10.3. The fourth-order valence-electron chi connectivity index (χ4n) is 6.53. The number of benzene rings is 1. The van der Waals surface area contributed by atoms with Crippen LogP contribution in [0, 0.1) is 11.3 Å². The van der Waals surface area contributed by atoms with Gasteiger partial charge in [0.1, 0.15) is 6.04 Å². The maximum absolute atomic E-state index is 14.5. The summed E-state index contributed by atoms with van der Waals surface area (Å²) in [5, 5.41) is 6.02. The highest BCUT2D eigenvalue weighted by molar-refractivity contribution is 6.01. The van der Waals surface area contributed by atoms with Gasteiger partial charge >= 0.3 is 6.03 Å². The van der Waals surface area contributed by atoms with Crippen molar-refractivity contribution in [2.75, 3.05) is 44.3 Å². The lowest BCUT2D eigenvalue weighted by Gasteiger charge is -2.32. The van der Waals surface area contributed by atoms with Crippen molar-refractivity contribution >= 4 is 23.7 Å². The van der Waals surface area contributed by atoms with Crippen molar-refractivity contribution in [3.05, 3.63) is 71.7 Å². The zero-order valence-corrected chi connectivity index (χ0v) is 30.2. The van der Waals surface area contributed by atoms with Gasteiger partial charge in [-0.3, -0.25) is 9.59 Å². The van der Waals surface area contributed by atoms with Crippen LogP contribution in [-0.2, 0) is 22.4 Å². The molecule has 2 fully saturated rings. The number of hydrogen-bond donors (Lipinski definition) is 2. The number of aryl methyl sites for hydroxylation is 1. The Morgan fingerprint density at radius 2 is 1.60 bits per heavy atom. The number of ketones is 1. The summed E-state index contributed by atoms with van der Waals surface area (Å²) in [7, 11) is 0. The van der Waals surface area contributed by atoms with Crippen LogP contribution in [0.2, 0.25) is 0 Å². The number of amides is 3. The summed E-state index contributed by atoms with van der Waals surface area (Å²) < 4.78 is 11.8. The normalized spacial score (nSPS) is 17.0. The molecule has 2 aliphatic rings. The van der Waals surface area contributed by atoms with Crippen LogP contribution < -0.4 is 15.5 Å². The average Bonchev–Trinajstić information content (AvgIpc) is 3.53. The Morgan fingerprint density at radius 1 is 0.920 bits per heavy atom. The van der Waals surface area contributed by atoms with Gasteiger partial charge in [0, 0.05) is 44.5 Å². The third-order valence-electron chi connectivity index (χ3n) is 9.14. The van der Waals surface area contributed by atoms with Gasteiger partial charge in [0.2, 0.25) is 17.6 Å². The summed E-state index contributed by atoms with van der Waals surface area (Å²) >= 11 is 0. The quantitative estimate of drug-likeness (QED) is 0.232. The molecule has 2 atom stereocenters. The second-order valence-electron chi connectivity index (χ2n) is 15.1. The van der Waals surface area contributed by atoms with Crippen LogP contribution in [0.5, 0.6) is 0 Å². The van der Waals surface area contributed by atoms with E-state index in [0.717, 1.165) is 31.5 Å². The molecule has 0 saturated carbocycles. The summed E-state index contributed by atoms with van der Waals surface area (Å²) in [5.41, 5.74) is 1.41. The van der Waals surface area contributed by atoms with Crippen LogP contribution in [0.3, 0.4) is 0 Å². The molecule has 50 heavy (non-hydrogen) atoms. The van der Waals surface area contributed by atoms with E-state index in [9.17, 15) is 14.4 Å². The van der Waals surface area contributed by atoms with Gasteiger partial charge in [0.25, 0.3) is 0 Å². The predicted octanol–water partition coefficient (Wildman–Crippen LogP) is 5.19. The molecule has 2 saturated heterocycles. The van der Waals surface area contributed by atoms with E-state index < -0.39 is 18.0 Å². The Labute approximate surface area is 295 Å². The fourth-order valence-corrected chi connectivity index (χ4v) is 6.53. The number of ether oxygens (including phenoxy) is 1. The SMILES string of the molecule is CC(C)Cc1nc(C2CCN(c3ncccn3)CC2)oc1C(=O)C(CCc1ccccc1)NC(=O)C(CC(C)(C)C)NC(=O)N1CCOCC1. The molecule has 12 heteroatoms. The number of carbonyl (C=O) groups is 3. The fraction of sp³-hybridized carbons (Fsp3) is 0.579. The van der Waals surface area contributed by atoms with Gasteiger partial charge < -0.3 is 29.6 Å². The zero-order chi connectivity index (χ0) is 35.7. The predicted molar refractivity (Wildman–Crippen MR) is 191 cm³/mol. The summed E-state index contributed by atoms with van der Waals surface area (Å²) in [5.74, 6) is 1.07. The van der Waals surface area contributed by atoms with Crippen molar-refractivity contribution in [2.24, 2.45) is 11.3 Å². The number of nitrogens with one attached hydrogen (secondary N) is 2. The molecular weight excluding hydrogens is 634 g/mol. The van der Waals surface area contributed by atoms with Gasteiger partial charge in [-0.2, -0.15) is 0 Å². The molecule has 2 aliphatic heterocycles. The molecule has 3 amide bonds. The molecule has 3 aromatic rings.